The summed E-state index contributed by atoms with van der Waals surface area (Å²) in [7, 11) is 0. The highest BCUT2D eigenvalue weighted by molar-refractivity contribution is 5.68. The van der Waals surface area contributed by atoms with Gasteiger partial charge in [0.15, 0.2) is 0 Å². The highest BCUT2D eigenvalue weighted by atomic mass is 16.4. The van der Waals surface area contributed by atoms with E-state index in [9.17, 15) is 4.79 Å². The van der Waals surface area contributed by atoms with E-state index in [1.165, 1.54) is 12.8 Å². The third-order valence-corrected chi connectivity index (χ3v) is 4.30. The molecule has 0 aromatic carbocycles. The van der Waals surface area contributed by atoms with Gasteiger partial charge in [0.05, 0.1) is 6.42 Å². The first kappa shape index (κ1) is 11.9. The maximum atomic E-state index is 10.8. The van der Waals surface area contributed by atoms with Crippen LogP contribution in [0.3, 0.4) is 0 Å². The Balaban J connectivity index is 1.87. The van der Waals surface area contributed by atoms with Gasteiger partial charge in [-0.15, -0.1) is 0 Å². The van der Waals surface area contributed by atoms with Gasteiger partial charge < -0.3 is 10.0 Å². The molecule has 0 spiro atoms. The van der Waals surface area contributed by atoms with Crippen molar-refractivity contribution in [2.24, 2.45) is 11.3 Å². The third-order valence-electron chi connectivity index (χ3n) is 4.30. The number of aliphatic carboxylic acids is 1. The van der Waals surface area contributed by atoms with Crippen molar-refractivity contribution >= 4 is 5.97 Å². The highest BCUT2D eigenvalue weighted by Crippen LogP contribution is 2.50. The van der Waals surface area contributed by atoms with E-state index >= 15 is 0 Å². The maximum Gasteiger partial charge on any atom is 0.303 e. The Bertz CT molecular complexity index is 273. The average molecular weight is 225 g/mol. The second-order valence-electron chi connectivity index (χ2n) is 6.02. The number of hydrogen-bond donors (Lipinski definition) is 1. The summed E-state index contributed by atoms with van der Waals surface area (Å²) in [5, 5.41) is 8.91. The van der Waals surface area contributed by atoms with Crippen molar-refractivity contribution in [3.8, 4) is 0 Å². The van der Waals surface area contributed by atoms with Gasteiger partial charge >= 0.3 is 5.97 Å². The number of hydrogen-bond acceptors (Lipinski definition) is 2. The number of rotatable bonds is 4. The van der Waals surface area contributed by atoms with Crippen LogP contribution in [0, 0.1) is 11.3 Å². The summed E-state index contributed by atoms with van der Waals surface area (Å²) in [4.78, 5) is 13.3. The lowest BCUT2D eigenvalue weighted by Gasteiger charge is -2.38. The molecule has 16 heavy (non-hydrogen) atoms. The SMILES string of the molecule is CC1CCN(CC2(CC(=O)O)CC2)C(C)C1. The van der Waals surface area contributed by atoms with E-state index in [0.29, 0.717) is 12.5 Å². The van der Waals surface area contributed by atoms with Gasteiger partial charge in [-0.3, -0.25) is 4.79 Å². The number of carboxylic acid groups (broad SMARTS) is 1. The molecule has 1 N–H and O–H groups in total. The predicted molar refractivity (Wildman–Crippen MR) is 63.4 cm³/mol. The van der Waals surface area contributed by atoms with Gasteiger partial charge in [0, 0.05) is 12.6 Å². The Morgan fingerprint density at radius 3 is 2.62 bits per heavy atom. The van der Waals surface area contributed by atoms with Crippen LogP contribution in [0.15, 0.2) is 0 Å². The summed E-state index contributed by atoms with van der Waals surface area (Å²) in [6, 6.07) is 0.634. The van der Waals surface area contributed by atoms with Crippen molar-refractivity contribution in [3.63, 3.8) is 0 Å². The molecule has 1 aliphatic carbocycles. The van der Waals surface area contributed by atoms with E-state index in [0.717, 1.165) is 31.8 Å². The molecule has 2 atom stereocenters. The van der Waals surface area contributed by atoms with Crippen LogP contribution >= 0.6 is 0 Å². The molecule has 2 unspecified atom stereocenters. The van der Waals surface area contributed by atoms with E-state index in [-0.39, 0.29) is 5.41 Å². The summed E-state index contributed by atoms with van der Waals surface area (Å²) >= 11 is 0. The second-order valence-corrected chi connectivity index (χ2v) is 6.02. The number of piperidine rings is 1. The quantitative estimate of drug-likeness (QED) is 0.798. The number of likely N-dealkylation sites (tertiary alicyclic amines) is 1. The molecule has 1 heterocycles. The van der Waals surface area contributed by atoms with Gasteiger partial charge in [-0.2, -0.15) is 0 Å². The summed E-state index contributed by atoms with van der Waals surface area (Å²) in [5.74, 6) is 0.205. The summed E-state index contributed by atoms with van der Waals surface area (Å²) < 4.78 is 0. The zero-order valence-electron chi connectivity index (χ0n) is 10.4. The minimum atomic E-state index is -0.629. The van der Waals surface area contributed by atoms with Crippen LogP contribution in [0.2, 0.25) is 0 Å². The molecule has 0 bridgehead atoms. The van der Waals surface area contributed by atoms with E-state index in [1.54, 1.807) is 0 Å². The Morgan fingerprint density at radius 2 is 2.12 bits per heavy atom. The molecule has 1 saturated carbocycles. The van der Waals surface area contributed by atoms with Crippen molar-refractivity contribution in [2.75, 3.05) is 13.1 Å². The van der Waals surface area contributed by atoms with E-state index < -0.39 is 5.97 Å². The topological polar surface area (TPSA) is 40.5 Å². The molecule has 0 aromatic heterocycles. The van der Waals surface area contributed by atoms with Crippen molar-refractivity contribution in [2.45, 2.75) is 52.0 Å². The van der Waals surface area contributed by atoms with Crippen molar-refractivity contribution in [3.05, 3.63) is 0 Å². The van der Waals surface area contributed by atoms with E-state index in [1.807, 2.05) is 0 Å². The first-order valence-electron chi connectivity index (χ1n) is 6.47. The smallest absolute Gasteiger partial charge is 0.303 e. The molecule has 1 aliphatic heterocycles. The molecule has 92 valence electrons. The van der Waals surface area contributed by atoms with Crippen LogP contribution in [0.4, 0.5) is 0 Å². The minimum Gasteiger partial charge on any atom is -0.481 e. The van der Waals surface area contributed by atoms with Crippen molar-refractivity contribution < 1.29 is 9.90 Å². The van der Waals surface area contributed by atoms with E-state index in [4.69, 9.17) is 5.11 Å². The summed E-state index contributed by atoms with van der Waals surface area (Å²) in [6.45, 7) is 6.77. The van der Waals surface area contributed by atoms with Gasteiger partial charge in [-0.1, -0.05) is 6.92 Å². The first-order valence-corrected chi connectivity index (χ1v) is 6.47. The molecule has 1 saturated heterocycles. The first-order chi connectivity index (χ1) is 7.51. The molecule has 3 heteroatoms. The Labute approximate surface area is 97.8 Å². The average Bonchev–Trinajstić information content (AvgIpc) is 2.89. The predicted octanol–water partition coefficient (Wildman–Crippen LogP) is 2.36. The van der Waals surface area contributed by atoms with Crippen LogP contribution < -0.4 is 0 Å². The van der Waals surface area contributed by atoms with Gasteiger partial charge in [-0.25, -0.2) is 0 Å². The monoisotopic (exact) mass is 225 g/mol. The second kappa shape index (κ2) is 4.36. The highest BCUT2D eigenvalue weighted by Gasteiger charge is 2.46. The van der Waals surface area contributed by atoms with Crippen LogP contribution in [0.25, 0.3) is 0 Å². The molecule has 0 radical (unpaired) electrons. The van der Waals surface area contributed by atoms with Crippen LogP contribution in [0.1, 0.15) is 46.0 Å². The molecule has 3 nitrogen and oxygen atoms in total. The zero-order chi connectivity index (χ0) is 11.8. The van der Waals surface area contributed by atoms with Gasteiger partial charge in [-0.05, 0) is 50.5 Å². The van der Waals surface area contributed by atoms with Gasteiger partial charge in [0.1, 0.15) is 0 Å². The number of carboxylic acids is 1. The maximum absolute atomic E-state index is 10.8. The van der Waals surface area contributed by atoms with Crippen LogP contribution in [0.5, 0.6) is 0 Å². The zero-order valence-corrected chi connectivity index (χ0v) is 10.4. The van der Waals surface area contributed by atoms with Crippen molar-refractivity contribution in [1.29, 1.82) is 0 Å². The molecule has 2 rings (SSSR count). The minimum absolute atomic E-state index is 0.126. The van der Waals surface area contributed by atoms with Gasteiger partial charge in [0.25, 0.3) is 0 Å². The van der Waals surface area contributed by atoms with E-state index in [2.05, 4.69) is 18.7 Å². The molecule has 0 aromatic rings. The van der Waals surface area contributed by atoms with Crippen molar-refractivity contribution in [1.82, 2.24) is 4.90 Å². The fraction of sp³-hybridized carbons (Fsp3) is 0.923. The number of nitrogens with zero attached hydrogens (tertiary/aromatic N) is 1. The van der Waals surface area contributed by atoms with Crippen LogP contribution in [-0.2, 0) is 4.79 Å². The fourth-order valence-electron chi connectivity index (χ4n) is 3.01. The number of carbonyl (C=O) groups is 1. The largest absolute Gasteiger partial charge is 0.481 e. The lowest BCUT2D eigenvalue weighted by Crippen LogP contribution is -2.43. The Kier molecular flexibility index (Phi) is 3.24. The van der Waals surface area contributed by atoms with Gasteiger partial charge in [0.2, 0.25) is 0 Å². The standard InChI is InChI=1S/C13H23NO2/c1-10-3-6-14(11(2)7-10)9-13(4-5-13)8-12(15)16/h10-11H,3-9H2,1-2H3,(H,15,16). The molecular formula is C13H23NO2. The van der Waals surface area contributed by atoms with Crippen LogP contribution in [-0.4, -0.2) is 35.1 Å². The fourth-order valence-corrected chi connectivity index (χ4v) is 3.01. The summed E-state index contributed by atoms with van der Waals surface area (Å²) in [6.07, 6.45) is 5.12. The lowest BCUT2D eigenvalue weighted by molar-refractivity contribution is -0.138. The molecular weight excluding hydrogens is 202 g/mol. The Morgan fingerprint density at radius 1 is 1.44 bits per heavy atom. The molecule has 0 amide bonds. The lowest BCUT2D eigenvalue weighted by atomic mass is 9.91. The third kappa shape index (κ3) is 2.76. The Hall–Kier alpha value is -0.570. The molecule has 2 aliphatic rings. The molecule has 2 fully saturated rings. The summed E-state index contributed by atoms with van der Waals surface area (Å²) in [5.41, 5.74) is 0.126. The normalized spacial score (nSPS) is 33.6.